The number of hydrogen-bond acceptors (Lipinski definition) is 3. The van der Waals surface area contributed by atoms with Gasteiger partial charge in [-0.2, -0.15) is 0 Å². The minimum Gasteiger partial charge on any atom is -0.384 e. The maximum absolute atomic E-state index is 12.2. The lowest BCUT2D eigenvalue weighted by Gasteiger charge is -2.18. The van der Waals surface area contributed by atoms with E-state index in [1.54, 1.807) is 29.2 Å². The van der Waals surface area contributed by atoms with Gasteiger partial charge in [0.05, 0.1) is 0 Å². The van der Waals surface area contributed by atoms with Crippen LogP contribution in [-0.2, 0) is 0 Å². The van der Waals surface area contributed by atoms with Crippen LogP contribution in [0.5, 0.6) is 0 Å². The van der Waals surface area contributed by atoms with Gasteiger partial charge >= 0.3 is 0 Å². The van der Waals surface area contributed by atoms with Crippen LogP contribution in [0.15, 0.2) is 24.3 Å². The van der Waals surface area contributed by atoms with E-state index in [0.717, 1.165) is 25.1 Å². The molecule has 0 heterocycles. The Kier molecular flexibility index (Phi) is 6.78. The lowest BCUT2D eigenvalue weighted by atomic mass is 10.1. The third kappa shape index (κ3) is 5.43. The summed E-state index contributed by atoms with van der Waals surface area (Å²) < 4.78 is 0. The first-order chi connectivity index (χ1) is 9.54. The average Bonchev–Trinajstić information content (AvgIpc) is 2.44. The zero-order valence-electron chi connectivity index (χ0n) is 12.4. The number of carbonyl (C=O) groups is 1. The van der Waals surface area contributed by atoms with Crippen LogP contribution in [0.25, 0.3) is 0 Å². The third-order valence-corrected chi connectivity index (χ3v) is 2.89. The number of rotatable bonds is 5. The van der Waals surface area contributed by atoms with Gasteiger partial charge in [0.15, 0.2) is 0 Å². The molecule has 0 aliphatic carbocycles. The van der Waals surface area contributed by atoms with E-state index in [9.17, 15) is 4.79 Å². The highest BCUT2D eigenvalue weighted by atomic mass is 16.2. The van der Waals surface area contributed by atoms with E-state index in [1.165, 1.54) is 0 Å². The molecule has 4 nitrogen and oxygen atoms in total. The van der Waals surface area contributed by atoms with Crippen LogP contribution in [0.3, 0.4) is 0 Å². The van der Waals surface area contributed by atoms with E-state index in [2.05, 4.69) is 16.7 Å². The summed E-state index contributed by atoms with van der Waals surface area (Å²) in [5, 5.41) is 8.63. The van der Waals surface area contributed by atoms with Gasteiger partial charge in [0.1, 0.15) is 6.61 Å². The van der Waals surface area contributed by atoms with E-state index < -0.39 is 0 Å². The number of nitrogens with zero attached hydrogens (tertiary/aromatic N) is 2. The zero-order chi connectivity index (χ0) is 15.0. The predicted molar refractivity (Wildman–Crippen MR) is 80.5 cm³/mol. The van der Waals surface area contributed by atoms with Gasteiger partial charge in [0.2, 0.25) is 0 Å². The van der Waals surface area contributed by atoms with E-state index >= 15 is 0 Å². The minimum absolute atomic E-state index is 0.0189. The Bertz CT molecular complexity index is 483. The first-order valence-electron chi connectivity index (χ1n) is 6.64. The summed E-state index contributed by atoms with van der Waals surface area (Å²) in [5.41, 5.74) is 1.46. The minimum atomic E-state index is -0.157. The van der Waals surface area contributed by atoms with Crippen LogP contribution in [0.4, 0.5) is 0 Å². The van der Waals surface area contributed by atoms with E-state index in [-0.39, 0.29) is 12.5 Å². The highest BCUT2D eigenvalue weighted by molar-refractivity contribution is 5.94. The Balaban J connectivity index is 2.58. The van der Waals surface area contributed by atoms with Crippen molar-refractivity contribution in [3.63, 3.8) is 0 Å². The number of benzene rings is 1. The van der Waals surface area contributed by atoms with E-state index in [0.29, 0.717) is 5.56 Å². The van der Waals surface area contributed by atoms with E-state index in [1.807, 2.05) is 21.1 Å². The summed E-state index contributed by atoms with van der Waals surface area (Å²) in [5.74, 6) is 5.40. The fraction of sp³-hybridized carbons (Fsp3) is 0.438. The lowest BCUT2D eigenvalue weighted by Crippen LogP contribution is -2.29. The maximum atomic E-state index is 12.2. The molecule has 0 spiro atoms. The Morgan fingerprint density at radius 3 is 2.35 bits per heavy atom. The SMILES string of the molecule is CN(C)CCCN(C)C(=O)c1ccc(C#CCO)cc1. The second-order valence-corrected chi connectivity index (χ2v) is 4.92. The number of hydrogen-bond donors (Lipinski definition) is 1. The molecular weight excluding hydrogens is 252 g/mol. The van der Waals surface area contributed by atoms with E-state index in [4.69, 9.17) is 5.11 Å². The van der Waals surface area contributed by atoms with Crippen molar-refractivity contribution in [2.45, 2.75) is 6.42 Å². The quantitative estimate of drug-likeness (QED) is 0.816. The Morgan fingerprint density at radius 2 is 1.80 bits per heavy atom. The van der Waals surface area contributed by atoms with Gasteiger partial charge in [-0.25, -0.2) is 0 Å². The molecule has 0 bridgehead atoms. The van der Waals surface area contributed by atoms with Gasteiger partial charge in [-0.3, -0.25) is 4.79 Å². The van der Waals surface area contributed by atoms with Crippen molar-refractivity contribution in [1.82, 2.24) is 9.80 Å². The molecule has 0 aromatic heterocycles. The van der Waals surface area contributed by atoms with Crippen molar-refractivity contribution in [2.24, 2.45) is 0 Å². The van der Waals surface area contributed by atoms with Crippen LogP contribution in [0, 0.1) is 11.8 Å². The topological polar surface area (TPSA) is 43.8 Å². The molecule has 1 amide bonds. The second-order valence-electron chi connectivity index (χ2n) is 4.92. The van der Waals surface area contributed by atoms with Crippen LogP contribution in [-0.4, -0.2) is 61.7 Å². The van der Waals surface area contributed by atoms with Crippen LogP contribution < -0.4 is 0 Å². The molecule has 4 heteroatoms. The molecule has 1 rings (SSSR count). The molecule has 1 aromatic carbocycles. The largest absolute Gasteiger partial charge is 0.384 e. The van der Waals surface area contributed by atoms with Crippen molar-refractivity contribution in [1.29, 1.82) is 0 Å². The number of aliphatic hydroxyl groups excluding tert-OH is 1. The van der Waals surface area contributed by atoms with Crippen molar-refractivity contribution in [2.75, 3.05) is 40.8 Å². The van der Waals surface area contributed by atoms with Crippen LogP contribution >= 0.6 is 0 Å². The normalized spacial score (nSPS) is 10.1. The molecular formula is C16H22N2O2. The number of carbonyl (C=O) groups excluding carboxylic acids is 1. The molecule has 0 saturated heterocycles. The number of aliphatic hydroxyl groups is 1. The summed E-state index contributed by atoms with van der Waals surface area (Å²) in [6.07, 6.45) is 0.954. The van der Waals surface area contributed by atoms with Crippen molar-refractivity contribution >= 4 is 5.91 Å². The Labute approximate surface area is 121 Å². The van der Waals surface area contributed by atoms with Crippen LogP contribution in [0.2, 0.25) is 0 Å². The molecule has 0 saturated carbocycles. The van der Waals surface area contributed by atoms with Crippen molar-refractivity contribution < 1.29 is 9.90 Å². The summed E-state index contributed by atoms with van der Waals surface area (Å²) in [4.78, 5) is 16.0. The van der Waals surface area contributed by atoms with Crippen molar-refractivity contribution in [3.8, 4) is 11.8 Å². The molecule has 0 fully saturated rings. The summed E-state index contributed by atoms with van der Waals surface area (Å²) >= 11 is 0. The van der Waals surface area contributed by atoms with Gasteiger partial charge in [-0.15, -0.1) is 0 Å². The molecule has 20 heavy (non-hydrogen) atoms. The number of amides is 1. The highest BCUT2D eigenvalue weighted by Crippen LogP contribution is 2.06. The summed E-state index contributed by atoms with van der Waals surface area (Å²) in [6.45, 7) is 1.55. The molecule has 0 radical (unpaired) electrons. The molecule has 0 aliphatic rings. The zero-order valence-corrected chi connectivity index (χ0v) is 12.4. The smallest absolute Gasteiger partial charge is 0.253 e. The third-order valence-electron chi connectivity index (χ3n) is 2.89. The standard InChI is InChI=1S/C16H22N2O2/c1-17(2)11-5-12-18(3)16(20)15-9-7-14(8-10-15)6-4-13-19/h7-10,19H,5,11-13H2,1-3H3. The summed E-state index contributed by atoms with van der Waals surface area (Å²) in [7, 11) is 5.86. The monoisotopic (exact) mass is 274 g/mol. The first kappa shape index (κ1) is 16.2. The Morgan fingerprint density at radius 1 is 1.15 bits per heavy atom. The van der Waals surface area contributed by atoms with Gasteiger partial charge in [-0.1, -0.05) is 11.8 Å². The average molecular weight is 274 g/mol. The van der Waals surface area contributed by atoms with Gasteiger partial charge in [0.25, 0.3) is 5.91 Å². The second kappa shape index (κ2) is 8.36. The lowest BCUT2D eigenvalue weighted by molar-refractivity contribution is 0.0790. The molecule has 1 N–H and O–H groups in total. The van der Waals surface area contributed by atoms with Gasteiger partial charge < -0.3 is 14.9 Å². The molecule has 0 unspecified atom stereocenters. The fourth-order valence-corrected chi connectivity index (χ4v) is 1.78. The van der Waals surface area contributed by atoms with Gasteiger partial charge in [-0.05, 0) is 51.3 Å². The Hall–Kier alpha value is -1.83. The maximum Gasteiger partial charge on any atom is 0.253 e. The molecule has 108 valence electrons. The molecule has 0 aliphatic heterocycles. The summed E-state index contributed by atoms with van der Waals surface area (Å²) in [6, 6.07) is 7.13. The fourth-order valence-electron chi connectivity index (χ4n) is 1.78. The first-order valence-corrected chi connectivity index (χ1v) is 6.64. The van der Waals surface area contributed by atoms with Crippen molar-refractivity contribution in [3.05, 3.63) is 35.4 Å². The highest BCUT2D eigenvalue weighted by Gasteiger charge is 2.10. The van der Waals surface area contributed by atoms with Crippen LogP contribution in [0.1, 0.15) is 22.3 Å². The molecule has 1 aromatic rings. The molecule has 0 atom stereocenters. The predicted octanol–water partition coefficient (Wildman–Crippen LogP) is 1.05. The van der Waals surface area contributed by atoms with Gasteiger partial charge in [0, 0.05) is 24.7 Å².